The van der Waals surface area contributed by atoms with Gasteiger partial charge in [-0.15, -0.1) is 0 Å². The molecule has 4 rings (SSSR count). The summed E-state index contributed by atoms with van der Waals surface area (Å²) >= 11 is 0. The molecule has 0 saturated heterocycles. The molecule has 4 aromatic rings. The standard InChI is InChI=1S/C30H32N2.3C2H6/c1-3-13-22(4-2)26-20-25(23-14-7-5-8-15-23)21-27(24-16-9-6-10-17-24)30(26)32-29-19-12-11-18-28(29)31;3*1-2/h5-12,14-22,32H,3-4,13,31H2,1-2H3;3*1-2H3. The Morgan fingerprint density at radius 2 is 1.16 bits per heavy atom. The van der Waals surface area contributed by atoms with Gasteiger partial charge < -0.3 is 11.1 Å². The third-order valence-electron chi connectivity index (χ3n) is 6.15. The monoisotopic (exact) mass is 510 g/mol. The summed E-state index contributed by atoms with van der Waals surface area (Å²) in [5.41, 5.74) is 15.5. The summed E-state index contributed by atoms with van der Waals surface area (Å²) in [7, 11) is 0. The molecular weight excluding hydrogens is 460 g/mol. The fourth-order valence-corrected chi connectivity index (χ4v) is 4.44. The summed E-state index contributed by atoms with van der Waals surface area (Å²) in [6, 6.07) is 34.0. The van der Waals surface area contributed by atoms with Crippen LogP contribution in [0.4, 0.5) is 17.1 Å². The van der Waals surface area contributed by atoms with Crippen molar-refractivity contribution >= 4 is 17.1 Å². The molecule has 0 amide bonds. The largest absolute Gasteiger partial charge is 0.397 e. The van der Waals surface area contributed by atoms with Gasteiger partial charge in [0.1, 0.15) is 0 Å². The van der Waals surface area contributed by atoms with E-state index in [1.165, 1.54) is 27.8 Å². The van der Waals surface area contributed by atoms with E-state index < -0.39 is 0 Å². The van der Waals surface area contributed by atoms with Crippen LogP contribution in [0.15, 0.2) is 97.1 Å². The summed E-state index contributed by atoms with van der Waals surface area (Å²) in [4.78, 5) is 0. The number of hydrogen-bond acceptors (Lipinski definition) is 2. The van der Waals surface area contributed by atoms with E-state index in [4.69, 9.17) is 5.73 Å². The van der Waals surface area contributed by atoms with Gasteiger partial charge in [-0.25, -0.2) is 0 Å². The second-order valence-electron chi connectivity index (χ2n) is 8.33. The Balaban J connectivity index is 0.00000112. The minimum absolute atomic E-state index is 0.471. The zero-order valence-corrected chi connectivity index (χ0v) is 25.0. The van der Waals surface area contributed by atoms with Crippen molar-refractivity contribution in [1.29, 1.82) is 0 Å². The smallest absolute Gasteiger partial charge is 0.0618 e. The number of nitrogen functional groups attached to an aromatic ring is 1. The maximum Gasteiger partial charge on any atom is 0.0618 e. The lowest BCUT2D eigenvalue weighted by Crippen LogP contribution is -2.06. The van der Waals surface area contributed by atoms with Crippen LogP contribution in [0.1, 0.15) is 86.1 Å². The van der Waals surface area contributed by atoms with E-state index in [2.05, 4.69) is 98.0 Å². The topological polar surface area (TPSA) is 38.0 Å². The first kappa shape index (κ1) is 32.5. The summed E-state index contributed by atoms with van der Waals surface area (Å²) in [5.74, 6) is 0.471. The lowest BCUT2D eigenvalue weighted by molar-refractivity contribution is 0.597. The van der Waals surface area contributed by atoms with E-state index in [0.29, 0.717) is 5.92 Å². The number of anilines is 3. The molecule has 1 unspecified atom stereocenters. The average Bonchev–Trinajstić information content (AvgIpc) is 3.01. The van der Waals surface area contributed by atoms with Gasteiger partial charge in [0.05, 0.1) is 11.4 Å². The minimum atomic E-state index is 0.471. The fourth-order valence-electron chi connectivity index (χ4n) is 4.44. The highest BCUT2D eigenvalue weighted by atomic mass is 14.9. The van der Waals surface area contributed by atoms with Crippen molar-refractivity contribution in [3.63, 3.8) is 0 Å². The van der Waals surface area contributed by atoms with E-state index in [-0.39, 0.29) is 0 Å². The normalized spacial score (nSPS) is 10.4. The van der Waals surface area contributed by atoms with Crippen LogP contribution in [0.25, 0.3) is 22.3 Å². The molecule has 0 heterocycles. The van der Waals surface area contributed by atoms with Crippen molar-refractivity contribution in [2.75, 3.05) is 11.1 Å². The molecule has 0 spiro atoms. The molecule has 0 aliphatic carbocycles. The molecule has 0 radical (unpaired) electrons. The summed E-state index contributed by atoms with van der Waals surface area (Å²) in [5, 5.41) is 3.73. The predicted molar refractivity (Wildman–Crippen MR) is 173 cm³/mol. The number of rotatable bonds is 8. The van der Waals surface area contributed by atoms with Crippen molar-refractivity contribution in [2.24, 2.45) is 0 Å². The molecule has 4 aromatic carbocycles. The summed E-state index contributed by atoms with van der Waals surface area (Å²) in [6.07, 6.45) is 3.41. The second kappa shape index (κ2) is 18.7. The Morgan fingerprint density at radius 1 is 0.632 bits per heavy atom. The third kappa shape index (κ3) is 8.80. The molecule has 3 N–H and O–H groups in total. The van der Waals surface area contributed by atoms with Crippen LogP contribution in [0, 0.1) is 0 Å². The van der Waals surface area contributed by atoms with Gasteiger partial charge in [-0.05, 0) is 65.3 Å². The number of nitrogens with one attached hydrogen (secondary N) is 1. The van der Waals surface area contributed by atoms with Gasteiger partial charge in [-0.1, -0.05) is 135 Å². The molecule has 0 aromatic heterocycles. The maximum atomic E-state index is 6.33. The molecule has 38 heavy (non-hydrogen) atoms. The van der Waals surface area contributed by atoms with Gasteiger partial charge in [-0.3, -0.25) is 0 Å². The van der Waals surface area contributed by atoms with Crippen LogP contribution < -0.4 is 11.1 Å². The van der Waals surface area contributed by atoms with Crippen LogP contribution in [0.3, 0.4) is 0 Å². The van der Waals surface area contributed by atoms with Gasteiger partial charge in [0, 0.05) is 11.3 Å². The SMILES string of the molecule is CC.CC.CC.CCCC(CC)c1cc(-c2ccccc2)cc(-c2ccccc2)c1Nc1ccccc1N. The predicted octanol–water partition coefficient (Wildman–Crippen LogP) is 11.7. The molecule has 0 aliphatic rings. The Bertz CT molecular complexity index is 1150. The van der Waals surface area contributed by atoms with Crippen molar-refractivity contribution in [3.05, 3.63) is 103 Å². The van der Waals surface area contributed by atoms with Crippen LogP contribution in [-0.4, -0.2) is 0 Å². The Labute approximate surface area is 233 Å². The van der Waals surface area contributed by atoms with Gasteiger partial charge in [-0.2, -0.15) is 0 Å². The Kier molecular flexibility index (Phi) is 16.0. The lowest BCUT2D eigenvalue weighted by atomic mass is 9.85. The molecule has 2 nitrogen and oxygen atoms in total. The molecule has 2 heteroatoms. The zero-order chi connectivity index (χ0) is 28.3. The first-order valence-electron chi connectivity index (χ1n) is 14.6. The first-order valence-corrected chi connectivity index (χ1v) is 14.6. The van der Waals surface area contributed by atoms with Crippen LogP contribution >= 0.6 is 0 Å². The molecule has 1 atom stereocenters. The Hall–Kier alpha value is -3.52. The highest BCUT2D eigenvalue weighted by Crippen LogP contribution is 2.43. The molecule has 204 valence electrons. The summed E-state index contributed by atoms with van der Waals surface area (Å²) in [6.45, 7) is 16.6. The van der Waals surface area contributed by atoms with Gasteiger partial charge in [0.25, 0.3) is 0 Å². The quantitative estimate of drug-likeness (QED) is 0.231. The number of benzene rings is 4. The van der Waals surface area contributed by atoms with E-state index in [9.17, 15) is 0 Å². The van der Waals surface area contributed by atoms with E-state index >= 15 is 0 Å². The van der Waals surface area contributed by atoms with Gasteiger partial charge >= 0.3 is 0 Å². The highest BCUT2D eigenvalue weighted by Gasteiger charge is 2.20. The molecule has 0 fully saturated rings. The number of hydrogen-bond donors (Lipinski definition) is 2. The van der Waals surface area contributed by atoms with Crippen molar-refractivity contribution in [3.8, 4) is 22.3 Å². The molecule has 0 saturated carbocycles. The minimum Gasteiger partial charge on any atom is -0.397 e. The van der Waals surface area contributed by atoms with Crippen molar-refractivity contribution < 1.29 is 0 Å². The average molecular weight is 511 g/mol. The van der Waals surface area contributed by atoms with E-state index in [1.807, 2.05) is 59.7 Å². The summed E-state index contributed by atoms with van der Waals surface area (Å²) < 4.78 is 0. The molecule has 0 bridgehead atoms. The lowest BCUT2D eigenvalue weighted by Gasteiger charge is -2.25. The second-order valence-corrected chi connectivity index (χ2v) is 8.33. The first-order chi connectivity index (χ1) is 18.7. The number of nitrogens with two attached hydrogens (primary N) is 1. The molecular formula is C36H50N2. The van der Waals surface area contributed by atoms with E-state index in [0.717, 1.165) is 36.3 Å². The van der Waals surface area contributed by atoms with Crippen molar-refractivity contribution in [2.45, 2.75) is 80.6 Å². The maximum absolute atomic E-state index is 6.33. The molecule has 0 aliphatic heterocycles. The van der Waals surface area contributed by atoms with E-state index in [1.54, 1.807) is 0 Å². The zero-order valence-electron chi connectivity index (χ0n) is 25.0. The third-order valence-corrected chi connectivity index (χ3v) is 6.15. The van der Waals surface area contributed by atoms with Gasteiger partial charge in [0.15, 0.2) is 0 Å². The van der Waals surface area contributed by atoms with Crippen LogP contribution in [0.2, 0.25) is 0 Å². The fraction of sp³-hybridized carbons (Fsp3) is 0.333. The van der Waals surface area contributed by atoms with Gasteiger partial charge in [0.2, 0.25) is 0 Å². The highest BCUT2D eigenvalue weighted by molar-refractivity contribution is 5.89. The van der Waals surface area contributed by atoms with Crippen LogP contribution in [0.5, 0.6) is 0 Å². The van der Waals surface area contributed by atoms with Crippen molar-refractivity contribution in [1.82, 2.24) is 0 Å². The number of para-hydroxylation sites is 2. The Morgan fingerprint density at radius 3 is 1.68 bits per heavy atom. The van der Waals surface area contributed by atoms with Crippen LogP contribution in [-0.2, 0) is 0 Å².